The third-order valence-corrected chi connectivity index (χ3v) is 3.07. The predicted octanol–water partition coefficient (Wildman–Crippen LogP) is 3.51. The van der Waals surface area contributed by atoms with E-state index in [1.54, 1.807) is 20.8 Å². The summed E-state index contributed by atoms with van der Waals surface area (Å²) >= 11 is 0. The number of carbonyl (C=O) groups is 2. The van der Waals surface area contributed by atoms with E-state index in [4.69, 9.17) is 9.47 Å². The molecular weight excluding hydrogens is 327 g/mol. The zero-order chi connectivity index (χ0) is 18.7. The summed E-state index contributed by atoms with van der Waals surface area (Å²) < 4.78 is 22.8. The highest BCUT2D eigenvalue weighted by molar-refractivity contribution is 5.69. The predicted molar refractivity (Wildman–Crippen MR) is 93.0 cm³/mol. The molecule has 0 bridgehead atoms. The molecule has 0 fully saturated rings. The Bertz CT molecular complexity index is 532. The van der Waals surface area contributed by atoms with E-state index < -0.39 is 24.5 Å². The third-order valence-electron chi connectivity index (χ3n) is 3.07. The number of benzene rings is 1. The lowest BCUT2D eigenvalue weighted by Gasteiger charge is -2.23. The lowest BCUT2D eigenvalue weighted by atomic mass is 10.2. The number of hydrogen-bond acceptors (Lipinski definition) is 4. The minimum atomic E-state index is -0.591. The standard InChI is InChI=1S/C18H27FN2O4/c1-18(2,3)25-16(22)20-11-13-21(12-7-10-19)17(23)24-14-15-8-5-4-6-9-15/h4-6,8-9H,7,10-14H2,1-3H3,(H,20,22). The fourth-order valence-corrected chi connectivity index (χ4v) is 1.96. The Morgan fingerprint density at radius 1 is 1.16 bits per heavy atom. The molecule has 1 rings (SSSR count). The first-order valence-electron chi connectivity index (χ1n) is 8.30. The summed E-state index contributed by atoms with van der Waals surface area (Å²) in [5.41, 5.74) is 0.278. The quantitative estimate of drug-likeness (QED) is 0.776. The number of ether oxygens (including phenoxy) is 2. The maximum absolute atomic E-state index is 12.4. The second-order valence-corrected chi connectivity index (χ2v) is 6.50. The van der Waals surface area contributed by atoms with Crippen LogP contribution in [0.15, 0.2) is 30.3 Å². The summed E-state index contributed by atoms with van der Waals surface area (Å²) in [6.45, 7) is 5.55. The molecule has 0 saturated heterocycles. The van der Waals surface area contributed by atoms with Gasteiger partial charge >= 0.3 is 12.2 Å². The fourth-order valence-electron chi connectivity index (χ4n) is 1.96. The molecule has 0 unspecified atom stereocenters. The average molecular weight is 354 g/mol. The van der Waals surface area contributed by atoms with Crippen molar-refractivity contribution in [1.29, 1.82) is 0 Å². The number of amides is 2. The fraction of sp³-hybridized carbons (Fsp3) is 0.556. The molecule has 1 N–H and O–H groups in total. The first-order valence-corrected chi connectivity index (χ1v) is 8.30. The lowest BCUT2D eigenvalue weighted by molar-refractivity contribution is 0.0514. The molecule has 0 saturated carbocycles. The number of carbonyl (C=O) groups excluding carboxylic acids is 2. The molecule has 0 aliphatic heterocycles. The zero-order valence-corrected chi connectivity index (χ0v) is 15.1. The van der Waals surface area contributed by atoms with Gasteiger partial charge in [-0.15, -0.1) is 0 Å². The Balaban J connectivity index is 2.44. The van der Waals surface area contributed by atoms with Gasteiger partial charge in [-0.05, 0) is 32.8 Å². The van der Waals surface area contributed by atoms with Crippen molar-refractivity contribution >= 4 is 12.2 Å². The van der Waals surface area contributed by atoms with E-state index >= 15 is 0 Å². The monoisotopic (exact) mass is 354 g/mol. The van der Waals surface area contributed by atoms with E-state index in [0.717, 1.165) is 5.56 Å². The van der Waals surface area contributed by atoms with Gasteiger partial charge in [0.1, 0.15) is 12.2 Å². The van der Waals surface area contributed by atoms with E-state index in [-0.39, 0.29) is 32.7 Å². The molecule has 1 aromatic rings. The Kier molecular flexibility index (Phi) is 8.74. The number of nitrogens with zero attached hydrogens (tertiary/aromatic N) is 1. The highest BCUT2D eigenvalue weighted by Crippen LogP contribution is 2.07. The van der Waals surface area contributed by atoms with E-state index in [1.165, 1.54) is 4.90 Å². The van der Waals surface area contributed by atoms with Gasteiger partial charge in [-0.1, -0.05) is 30.3 Å². The third kappa shape index (κ3) is 9.54. The number of halogens is 1. The molecule has 0 radical (unpaired) electrons. The summed E-state index contributed by atoms with van der Waals surface area (Å²) in [6.07, 6.45) is -0.883. The molecule has 140 valence electrons. The number of rotatable bonds is 8. The normalized spacial score (nSPS) is 10.9. The molecule has 0 spiro atoms. The first kappa shape index (κ1) is 20.7. The van der Waals surface area contributed by atoms with Crippen LogP contribution in [0.1, 0.15) is 32.8 Å². The van der Waals surface area contributed by atoms with Gasteiger partial charge in [0.2, 0.25) is 0 Å². The Hall–Kier alpha value is -2.31. The average Bonchev–Trinajstić information content (AvgIpc) is 2.55. The molecule has 0 aliphatic carbocycles. The topological polar surface area (TPSA) is 67.9 Å². The molecular formula is C18H27FN2O4. The van der Waals surface area contributed by atoms with Crippen molar-refractivity contribution < 1.29 is 23.5 Å². The molecule has 6 nitrogen and oxygen atoms in total. The minimum absolute atomic E-state index is 0.144. The summed E-state index contributed by atoms with van der Waals surface area (Å²) in [6, 6.07) is 9.29. The van der Waals surface area contributed by atoms with Crippen molar-refractivity contribution in [3.8, 4) is 0 Å². The smallest absolute Gasteiger partial charge is 0.410 e. The number of alkyl halides is 1. The molecule has 0 heterocycles. The molecule has 0 aromatic heterocycles. The van der Waals surface area contributed by atoms with Crippen molar-refractivity contribution in [2.75, 3.05) is 26.3 Å². The molecule has 2 amide bonds. The maximum atomic E-state index is 12.4. The molecule has 25 heavy (non-hydrogen) atoms. The van der Waals surface area contributed by atoms with Gasteiger partial charge in [0.05, 0.1) is 6.67 Å². The second-order valence-electron chi connectivity index (χ2n) is 6.50. The molecule has 7 heteroatoms. The number of nitrogens with one attached hydrogen (secondary N) is 1. The summed E-state index contributed by atoms with van der Waals surface area (Å²) in [5, 5.41) is 2.57. The van der Waals surface area contributed by atoms with Gasteiger partial charge in [-0.25, -0.2) is 9.59 Å². The largest absolute Gasteiger partial charge is 0.445 e. The van der Waals surface area contributed by atoms with Crippen LogP contribution in [-0.4, -0.2) is 49.0 Å². The van der Waals surface area contributed by atoms with Gasteiger partial charge in [0.25, 0.3) is 0 Å². The van der Waals surface area contributed by atoms with Crippen LogP contribution >= 0.6 is 0 Å². The Morgan fingerprint density at radius 2 is 1.84 bits per heavy atom. The van der Waals surface area contributed by atoms with Crippen molar-refractivity contribution in [2.24, 2.45) is 0 Å². The highest BCUT2D eigenvalue weighted by atomic mass is 19.1. The summed E-state index contributed by atoms with van der Waals surface area (Å²) in [4.78, 5) is 25.1. The van der Waals surface area contributed by atoms with Crippen molar-refractivity contribution in [1.82, 2.24) is 10.2 Å². The van der Waals surface area contributed by atoms with Crippen LogP contribution in [0.2, 0.25) is 0 Å². The van der Waals surface area contributed by atoms with E-state index in [0.29, 0.717) is 0 Å². The number of alkyl carbamates (subject to hydrolysis) is 1. The number of hydrogen-bond donors (Lipinski definition) is 1. The summed E-state index contributed by atoms with van der Waals surface area (Å²) in [7, 11) is 0. The Morgan fingerprint density at radius 3 is 2.44 bits per heavy atom. The van der Waals surface area contributed by atoms with Crippen molar-refractivity contribution in [2.45, 2.75) is 39.4 Å². The van der Waals surface area contributed by atoms with Gasteiger partial charge in [-0.3, -0.25) is 4.39 Å². The second kappa shape index (κ2) is 10.5. The van der Waals surface area contributed by atoms with Crippen LogP contribution < -0.4 is 5.32 Å². The summed E-state index contributed by atoms with van der Waals surface area (Å²) in [5.74, 6) is 0. The van der Waals surface area contributed by atoms with Gasteiger partial charge in [-0.2, -0.15) is 0 Å². The first-order chi connectivity index (χ1) is 11.8. The van der Waals surface area contributed by atoms with Crippen LogP contribution in [0.4, 0.5) is 14.0 Å². The van der Waals surface area contributed by atoms with Gasteiger partial charge in [0, 0.05) is 19.6 Å². The van der Waals surface area contributed by atoms with Crippen LogP contribution in [-0.2, 0) is 16.1 Å². The maximum Gasteiger partial charge on any atom is 0.410 e. The van der Waals surface area contributed by atoms with Crippen LogP contribution in [0.25, 0.3) is 0 Å². The SMILES string of the molecule is CC(C)(C)OC(=O)NCCN(CCCF)C(=O)OCc1ccccc1. The van der Waals surface area contributed by atoms with Gasteiger partial charge in [0.15, 0.2) is 0 Å². The van der Waals surface area contributed by atoms with Crippen molar-refractivity contribution in [3.05, 3.63) is 35.9 Å². The van der Waals surface area contributed by atoms with E-state index in [9.17, 15) is 14.0 Å². The molecule has 0 aliphatic rings. The molecule has 0 atom stereocenters. The van der Waals surface area contributed by atoms with Crippen molar-refractivity contribution in [3.63, 3.8) is 0 Å². The lowest BCUT2D eigenvalue weighted by Crippen LogP contribution is -2.41. The van der Waals surface area contributed by atoms with Crippen LogP contribution in [0.3, 0.4) is 0 Å². The van der Waals surface area contributed by atoms with E-state index in [2.05, 4.69) is 5.32 Å². The zero-order valence-electron chi connectivity index (χ0n) is 15.1. The highest BCUT2D eigenvalue weighted by Gasteiger charge is 2.18. The minimum Gasteiger partial charge on any atom is -0.445 e. The Labute approximate surface area is 148 Å². The molecule has 1 aromatic carbocycles. The van der Waals surface area contributed by atoms with E-state index in [1.807, 2.05) is 30.3 Å². The van der Waals surface area contributed by atoms with Crippen LogP contribution in [0, 0.1) is 0 Å². The van der Waals surface area contributed by atoms with Gasteiger partial charge < -0.3 is 19.7 Å². The van der Waals surface area contributed by atoms with Crippen LogP contribution in [0.5, 0.6) is 0 Å².